The Labute approximate surface area is 201 Å². The molecule has 1 saturated heterocycles. The van der Waals surface area contributed by atoms with Gasteiger partial charge in [-0.05, 0) is 65.3 Å². The third-order valence-electron chi connectivity index (χ3n) is 6.33. The molecule has 0 aromatic rings. The van der Waals surface area contributed by atoms with Gasteiger partial charge in [0, 0.05) is 18.7 Å². The molecule has 0 saturated carbocycles. The first-order valence-corrected chi connectivity index (χ1v) is 12.6. The van der Waals surface area contributed by atoms with Crippen molar-refractivity contribution in [3.05, 3.63) is 11.6 Å². The lowest BCUT2D eigenvalue weighted by atomic mass is 9.96. The number of amides is 2. The van der Waals surface area contributed by atoms with Gasteiger partial charge in [-0.15, -0.1) is 0 Å². The summed E-state index contributed by atoms with van der Waals surface area (Å²) in [6, 6.07) is -0.797. The van der Waals surface area contributed by atoms with Gasteiger partial charge in [0.05, 0.1) is 18.7 Å². The summed E-state index contributed by atoms with van der Waals surface area (Å²) in [6.45, 7) is 17.1. The number of hydrogen-bond acceptors (Lipinski definition) is 5. The van der Waals surface area contributed by atoms with Crippen LogP contribution in [-0.2, 0) is 19.1 Å². The number of carbonyl (C=O) groups is 3. The highest BCUT2D eigenvalue weighted by atomic mass is 16.5. The van der Waals surface area contributed by atoms with E-state index in [9.17, 15) is 14.4 Å². The minimum absolute atomic E-state index is 0.0601. The lowest BCUT2D eigenvalue weighted by Gasteiger charge is -2.39. The zero-order valence-corrected chi connectivity index (χ0v) is 22.3. The standard InChI is InChI=1S/C26H47N3O4/c1-10-33-26(32)20(8)16-23(18(4)5)28(9)25(31)21(15-17(2)3)27-24(30)22-13-11-12-14-29(22)19(6)7/h16-19,21-23H,10-15H2,1-9H3,(H,27,30)/b20-16+/t21-,22?,23+/m0/s1. The van der Waals surface area contributed by atoms with Crippen molar-refractivity contribution in [2.24, 2.45) is 11.8 Å². The predicted molar refractivity (Wildman–Crippen MR) is 133 cm³/mol. The molecule has 1 fully saturated rings. The van der Waals surface area contributed by atoms with Crippen molar-refractivity contribution in [2.45, 2.75) is 105 Å². The fraction of sp³-hybridized carbons (Fsp3) is 0.808. The summed E-state index contributed by atoms with van der Waals surface area (Å²) in [6.07, 6.45) is 5.31. The highest BCUT2D eigenvalue weighted by Crippen LogP contribution is 2.21. The Hall–Kier alpha value is -1.89. The number of carbonyl (C=O) groups excluding carboxylic acids is 3. The van der Waals surface area contributed by atoms with Crippen LogP contribution in [0.3, 0.4) is 0 Å². The fourth-order valence-electron chi connectivity index (χ4n) is 4.53. The molecule has 1 N–H and O–H groups in total. The van der Waals surface area contributed by atoms with Gasteiger partial charge in [0.1, 0.15) is 6.04 Å². The number of likely N-dealkylation sites (tertiary alicyclic amines) is 1. The SMILES string of the molecule is CCOC(=O)/C(C)=C/[C@H](C(C)C)N(C)C(=O)[C@H](CC(C)C)NC(=O)C1CCCCN1C(C)C. The van der Waals surface area contributed by atoms with Crippen molar-refractivity contribution in [2.75, 3.05) is 20.2 Å². The second-order valence-corrected chi connectivity index (χ2v) is 10.3. The van der Waals surface area contributed by atoms with Crippen LogP contribution in [0.5, 0.6) is 0 Å². The van der Waals surface area contributed by atoms with Gasteiger partial charge in [-0.2, -0.15) is 0 Å². The quantitative estimate of drug-likeness (QED) is 0.371. The van der Waals surface area contributed by atoms with Gasteiger partial charge in [-0.25, -0.2) is 4.79 Å². The zero-order valence-electron chi connectivity index (χ0n) is 22.3. The Balaban J connectivity index is 3.09. The first-order chi connectivity index (χ1) is 15.4. The molecule has 2 amide bonds. The molecule has 0 radical (unpaired) electrons. The third kappa shape index (κ3) is 8.76. The molecule has 1 aliphatic heterocycles. The Morgan fingerprint density at radius 2 is 1.76 bits per heavy atom. The highest BCUT2D eigenvalue weighted by Gasteiger charge is 2.35. The summed E-state index contributed by atoms with van der Waals surface area (Å²) in [5, 5.41) is 3.09. The maximum atomic E-state index is 13.6. The van der Waals surface area contributed by atoms with E-state index in [0.29, 0.717) is 18.6 Å². The lowest BCUT2D eigenvalue weighted by molar-refractivity contribution is -0.140. The van der Waals surface area contributed by atoms with Crippen LogP contribution in [-0.4, -0.2) is 72.0 Å². The maximum absolute atomic E-state index is 13.6. The molecule has 0 spiro atoms. The number of rotatable bonds is 11. The molecule has 1 aliphatic rings. The van der Waals surface area contributed by atoms with Gasteiger partial charge in [0.2, 0.25) is 11.8 Å². The number of esters is 1. The average Bonchev–Trinajstić information content (AvgIpc) is 2.75. The van der Waals surface area contributed by atoms with Crippen LogP contribution in [0.1, 0.15) is 81.1 Å². The summed E-state index contributed by atoms with van der Waals surface area (Å²) in [5.41, 5.74) is 0.481. The van der Waals surface area contributed by atoms with Crippen LogP contribution in [0.4, 0.5) is 0 Å². The van der Waals surface area contributed by atoms with Crippen LogP contribution < -0.4 is 5.32 Å². The molecular formula is C26H47N3O4. The first-order valence-electron chi connectivity index (χ1n) is 12.6. The van der Waals surface area contributed by atoms with Crippen molar-refractivity contribution >= 4 is 17.8 Å². The topological polar surface area (TPSA) is 79.0 Å². The molecule has 1 rings (SSSR count). The lowest BCUT2D eigenvalue weighted by Crippen LogP contribution is -2.57. The summed E-state index contributed by atoms with van der Waals surface area (Å²) in [7, 11) is 1.75. The van der Waals surface area contributed by atoms with E-state index in [2.05, 4.69) is 37.9 Å². The van der Waals surface area contributed by atoms with E-state index in [1.54, 1.807) is 31.9 Å². The van der Waals surface area contributed by atoms with Crippen molar-refractivity contribution in [3.63, 3.8) is 0 Å². The number of nitrogens with zero attached hydrogens (tertiary/aromatic N) is 2. The van der Waals surface area contributed by atoms with Crippen LogP contribution in [0, 0.1) is 11.8 Å². The molecule has 3 atom stereocenters. The van der Waals surface area contributed by atoms with E-state index >= 15 is 0 Å². The summed E-state index contributed by atoms with van der Waals surface area (Å²) < 4.78 is 5.10. The Morgan fingerprint density at radius 3 is 2.27 bits per heavy atom. The Morgan fingerprint density at radius 1 is 1.12 bits per heavy atom. The molecule has 1 heterocycles. The van der Waals surface area contributed by atoms with Crippen molar-refractivity contribution in [3.8, 4) is 0 Å². The number of likely N-dealkylation sites (N-methyl/N-ethyl adjacent to an activating group) is 1. The van der Waals surface area contributed by atoms with Crippen LogP contribution in [0.25, 0.3) is 0 Å². The second kappa shape index (κ2) is 13.7. The summed E-state index contributed by atoms with van der Waals surface area (Å²) in [5.74, 6) is -0.226. The molecular weight excluding hydrogens is 418 g/mol. The van der Waals surface area contributed by atoms with Crippen molar-refractivity contribution in [1.82, 2.24) is 15.1 Å². The van der Waals surface area contributed by atoms with Crippen LogP contribution in [0.2, 0.25) is 0 Å². The predicted octanol–water partition coefficient (Wildman–Crippen LogP) is 3.77. The van der Waals surface area contributed by atoms with Gasteiger partial charge in [0.25, 0.3) is 0 Å². The van der Waals surface area contributed by atoms with E-state index in [0.717, 1.165) is 25.8 Å². The second-order valence-electron chi connectivity index (χ2n) is 10.3. The molecule has 33 heavy (non-hydrogen) atoms. The van der Waals surface area contributed by atoms with Gasteiger partial charge < -0.3 is 15.0 Å². The van der Waals surface area contributed by atoms with E-state index in [-0.39, 0.29) is 47.7 Å². The number of piperidine rings is 1. The highest BCUT2D eigenvalue weighted by molar-refractivity contribution is 5.90. The Kier molecular flexibility index (Phi) is 12.1. The van der Waals surface area contributed by atoms with Crippen molar-refractivity contribution < 1.29 is 19.1 Å². The van der Waals surface area contributed by atoms with Gasteiger partial charge in [0.15, 0.2) is 0 Å². The molecule has 0 bridgehead atoms. The number of hydrogen-bond donors (Lipinski definition) is 1. The maximum Gasteiger partial charge on any atom is 0.333 e. The first kappa shape index (κ1) is 29.1. The van der Waals surface area contributed by atoms with Gasteiger partial charge in [-0.1, -0.05) is 40.2 Å². The molecule has 0 aromatic carbocycles. The average molecular weight is 466 g/mol. The van der Waals surface area contributed by atoms with Crippen LogP contribution >= 0.6 is 0 Å². The monoisotopic (exact) mass is 465 g/mol. The smallest absolute Gasteiger partial charge is 0.333 e. The molecule has 1 unspecified atom stereocenters. The zero-order chi connectivity index (χ0) is 25.3. The van der Waals surface area contributed by atoms with E-state index in [4.69, 9.17) is 4.74 Å². The molecule has 0 aliphatic carbocycles. The molecule has 7 nitrogen and oxygen atoms in total. The normalized spacial score (nSPS) is 19.5. The molecule has 190 valence electrons. The van der Waals surface area contributed by atoms with E-state index < -0.39 is 6.04 Å². The van der Waals surface area contributed by atoms with Crippen LogP contribution in [0.15, 0.2) is 11.6 Å². The summed E-state index contributed by atoms with van der Waals surface area (Å²) >= 11 is 0. The summed E-state index contributed by atoms with van der Waals surface area (Å²) in [4.78, 5) is 42.9. The van der Waals surface area contributed by atoms with E-state index in [1.807, 2.05) is 13.8 Å². The minimum atomic E-state index is -0.601. The third-order valence-corrected chi connectivity index (χ3v) is 6.33. The van der Waals surface area contributed by atoms with E-state index in [1.165, 1.54) is 0 Å². The molecule has 0 aromatic heterocycles. The Bertz CT molecular complexity index is 687. The van der Waals surface area contributed by atoms with Crippen molar-refractivity contribution in [1.29, 1.82) is 0 Å². The van der Waals surface area contributed by atoms with Gasteiger partial charge >= 0.3 is 5.97 Å². The number of nitrogens with one attached hydrogen (secondary N) is 1. The van der Waals surface area contributed by atoms with Gasteiger partial charge in [-0.3, -0.25) is 14.5 Å². The minimum Gasteiger partial charge on any atom is -0.463 e. The largest absolute Gasteiger partial charge is 0.463 e. The fourth-order valence-corrected chi connectivity index (χ4v) is 4.53. The molecule has 7 heteroatoms. The number of ether oxygens (including phenoxy) is 1.